The van der Waals surface area contributed by atoms with E-state index in [0.29, 0.717) is 50.7 Å². The van der Waals surface area contributed by atoms with E-state index >= 15 is 0 Å². The van der Waals surface area contributed by atoms with E-state index in [9.17, 15) is 9.18 Å². The van der Waals surface area contributed by atoms with Crippen molar-refractivity contribution < 1.29 is 13.9 Å². The predicted octanol–water partition coefficient (Wildman–Crippen LogP) is 3.97. The Morgan fingerprint density at radius 3 is 2.88 bits per heavy atom. The van der Waals surface area contributed by atoms with Crippen LogP contribution in [0.25, 0.3) is 11.0 Å². The summed E-state index contributed by atoms with van der Waals surface area (Å²) in [5, 5.41) is 0.660. The number of hydrogen-bond donors (Lipinski definition) is 0. The molecule has 9 heteroatoms. The van der Waals surface area contributed by atoms with Crippen molar-refractivity contribution in [2.45, 2.75) is 37.8 Å². The minimum atomic E-state index is -0.323. The molecule has 0 N–H and O–H groups in total. The third-order valence-corrected chi connectivity index (χ3v) is 7.19. The third-order valence-electron chi connectivity index (χ3n) is 6.95. The van der Waals surface area contributed by atoms with Crippen molar-refractivity contribution in [3.05, 3.63) is 53.1 Å². The normalized spacial score (nSPS) is 16.3. The van der Waals surface area contributed by atoms with Crippen LogP contribution in [0.4, 0.5) is 10.1 Å². The number of carbonyl (C=O) groups excluding carboxylic acids is 1. The summed E-state index contributed by atoms with van der Waals surface area (Å²) in [6.07, 6.45) is 5.40. The fourth-order valence-corrected chi connectivity index (χ4v) is 5.46. The lowest BCUT2D eigenvalue weighted by Gasteiger charge is -2.48. The Labute approximate surface area is 203 Å². The van der Waals surface area contributed by atoms with Crippen molar-refractivity contribution in [1.82, 2.24) is 19.4 Å². The topological polar surface area (TPSA) is 63.5 Å². The number of imidazole rings is 1. The zero-order chi connectivity index (χ0) is 23.7. The Balaban J connectivity index is 1.40. The van der Waals surface area contributed by atoms with E-state index < -0.39 is 0 Å². The lowest BCUT2D eigenvalue weighted by atomic mass is 9.75. The highest BCUT2D eigenvalue weighted by Crippen LogP contribution is 2.46. The molecule has 1 saturated heterocycles. The second-order valence-corrected chi connectivity index (χ2v) is 9.67. The highest BCUT2D eigenvalue weighted by atomic mass is 35.5. The van der Waals surface area contributed by atoms with Gasteiger partial charge in [-0.05, 0) is 42.7 Å². The molecule has 180 valence electrons. The standard InChI is InChI=1S/C25H29ClFN5O2/c1-34-11-7-24(33)31-16-25(17-31)15-30(22-13-28-9-6-19(22)25)14-23-29-20-5-4-18(26)12-21(20)32(23)10-3-2-8-27/h4-6,9,12-13H,2-3,7-8,10-11,14-17H2,1H3. The number of pyridine rings is 1. The van der Waals surface area contributed by atoms with Crippen LogP contribution in [0.1, 0.15) is 30.7 Å². The van der Waals surface area contributed by atoms with E-state index in [-0.39, 0.29) is 18.0 Å². The smallest absolute Gasteiger partial charge is 0.224 e. The first-order valence-corrected chi connectivity index (χ1v) is 12.1. The molecule has 2 aliphatic rings. The molecule has 4 heterocycles. The van der Waals surface area contributed by atoms with E-state index in [1.54, 1.807) is 7.11 Å². The molecule has 1 amide bonds. The summed E-state index contributed by atoms with van der Waals surface area (Å²) >= 11 is 6.27. The van der Waals surface area contributed by atoms with Crippen LogP contribution >= 0.6 is 11.6 Å². The molecule has 1 fully saturated rings. The molecule has 2 aromatic heterocycles. The van der Waals surface area contributed by atoms with Gasteiger partial charge in [0.2, 0.25) is 5.91 Å². The van der Waals surface area contributed by atoms with Gasteiger partial charge in [0.15, 0.2) is 0 Å². The van der Waals surface area contributed by atoms with E-state index in [1.165, 1.54) is 5.56 Å². The first-order valence-electron chi connectivity index (χ1n) is 11.7. The van der Waals surface area contributed by atoms with E-state index in [0.717, 1.165) is 35.5 Å². The van der Waals surface area contributed by atoms with Gasteiger partial charge in [-0.3, -0.25) is 14.2 Å². The number of ether oxygens (including phenoxy) is 1. The molecule has 34 heavy (non-hydrogen) atoms. The van der Waals surface area contributed by atoms with Crippen LogP contribution in [0.3, 0.4) is 0 Å². The van der Waals surface area contributed by atoms with Crippen molar-refractivity contribution in [1.29, 1.82) is 0 Å². The number of likely N-dealkylation sites (tertiary alicyclic amines) is 1. The minimum absolute atomic E-state index is 0.0879. The number of hydrogen-bond acceptors (Lipinski definition) is 5. The monoisotopic (exact) mass is 485 g/mol. The van der Waals surface area contributed by atoms with Gasteiger partial charge in [-0.15, -0.1) is 0 Å². The number of amides is 1. The lowest BCUT2D eigenvalue weighted by Crippen LogP contribution is -2.63. The second kappa shape index (κ2) is 9.50. The SMILES string of the molecule is COCCC(=O)N1CC2(C1)CN(Cc1nc3ccc(Cl)cc3n1CCCCF)c1cnccc12. The van der Waals surface area contributed by atoms with Gasteiger partial charge in [-0.2, -0.15) is 0 Å². The van der Waals surface area contributed by atoms with Crippen LogP contribution in [0, 0.1) is 0 Å². The molecular weight excluding hydrogens is 457 g/mol. The molecule has 3 aromatic rings. The minimum Gasteiger partial charge on any atom is -0.384 e. The highest BCUT2D eigenvalue weighted by molar-refractivity contribution is 6.31. The molecule has 1 aromatic carbocycles. The number of benzene rings is 1. The summed E-state index contributed by atoms with van der Waals surface area (Å²) in [5.41, 5.74) is 4.10. The largest absolute Gasteiger partial charge is 0.384 e. The summed E-state index contributed by atoms with van der Waals surface area (Å²) < 4.78 is 20.0. The fourth-order valence-electron chi connectivity index (χ4n) is 5.29. The number of halogens is 2. The Bertz CT molecular complexity index is 1190. The molecule has 1 spiro atoms. The van der Waals surface area contributed by atoms with Crippen molar-refractivity contribution in [2.75, 3.05) is 44.9 Å². The summed E-state index contributed by atoms with van der Waals surface area (Å²) in [4.78, 5) is 26.0. The lowest BCUT2D eigenvalue weighted by molar-refractivity contribution is -0.139. The first kappa shape index (κ1) is 23.1. The van der Waals surface area contributed by atoms with Crippen LogP contribution in [0.2, 0.25) is 5.02 Å². The van der Waals surface area contributed by atoms with Crippen LogP contribution in [0.5, 0.6) is 0 Å². The maximum atomic E-state index is 12.8. The number of rotatable bonds is 9. The van der Waals surface area contributed by atoms with Gasteiger partial charge in [0.1, 0.15) is 5.82 Å². The Morgan fingerprint density at radius 2 is 2.09 bits per heavy atom. The summed E-state index contributed by atoms with van der Waals surface area (Å²) in [5.74, 6) is 1.06. The van der Waals surface area contributed by atoms with E-state index in [1.807, 2.05) is 35.5 Å². The number of methoxy groups -OCH3 is 1. The van der Waals surface area contributed by atoms with Gasteiger partial charge >= 0.3 is 0 Å². The molecule has 5 rings (SSSR count). The average Bonchev–Trinajstić information content (AvgIpc) is 3.32. The van der Waals surface area contributed by atoms with Crippen molar-refractivity contribution in [3.8, 4) is 0 Å². The van der Waals surface area contributed by atoms with Crippen molar-refractivity contribution >= 4 is 34.2 Å². The van der Waals surface area contributed by atoms with Crippen molar-refractivity contribution in [3.63, 3.8) is 0 Å². The Morgan fingerprint density at radius 1 is 1.24 bits per heavy atom. The number of aromatic nitrogens is 3. The number of fused-ring (bicyclic) bond motifs is 3. The Hall–Kier alpha value is -2.71. The maximum absolute atomic E-state index is 12.8. The molecule has 0 radical (unpaired) electrons. The number of nitrogens with zero attached hydrogens (tertiary/aromatic N) is 5. The third kappa shape index (κ3) is 4.14. The molecular formula is C25H29ClFN5O2. The molecule has 0 bridgehead atoms. The number of unbranched alkanes of at least 4 members (excludes halogenated alkanes) is 1. The molecule has 0 unspecified atom stereocenters. The van der Waals surface area contributed by atoms with Crippen molar-refractivity contribution in [2.24, 2.45) is 0 Å². The molecule has 0 aliphatic carbocycles. The second-order valence-electron chi connectivity index (χ2n) is 9.23. The van der Waals surface area contributed by atoms with Gasteiger partial charge < -0.3 is 19.1 Å². The number of anilines is 1. The zero-order valence-corrected chi connectivity index (χ0v) is 20.1. The molecule has 7 nitrogen and oxygen atoms in total. The average molecular weight is 486 g/mol. The van der Waals surface area contributed by atoms with Gasteiger partial charge in [-0.25, -0.2) is 4.98 Å². The highest BCUT2D eigenvalue weighted by Gasteiger charge is 2.52. The zero-order valence-electron chi connectivity index (χ0n) is 19.3. The van der Waals surface area contributed by atoms with Gasteiger partial charge in [-0.1, -0.05) is 11.6 Å². The van der Waals surface area contributed by atoms with Crippen LogP contribution < -0.4 is 4.90 Å². The molecule has 0 atom stereocenters. The summed E-state index contributed by atoms with van der Waals surface area (Å²) in [7, 11) is 1.61. The summed E-state index contributed by atoms with van der Waals surface area (Å²) in [6.45, 7) is 3.62. The number of alkyl halides is 1. The molecule has 2 aliphatic heterocycles. The van der Waals surface area contributed by atoms with E-state index in [4.69, 9.17) is 21.3 Å². The van der Waals surface area contributed by atoms with E-state index in [2.05, 4.69) is 20.5 Å². The van der Waals surface area contributed by atoms with Gasteiger partial charge in [0.05, 0.1) is 54.6 Å². The maximum Gasteiger partial charge on any atom is 0.224 e. The van der Waals surface area contributed by atoms with Gasteiger partial charge in [0.25, 0.3) is 0 Å². The molecule has 0 saturated carbocycles. The van der Waals surface area contributed by atoms with Crippen LogP contribution in [-0.2, 0) is 28.0 Å². The first-order chi connectivity index (χ1) is 16.5. The fraction of sp³-hybridized carbons (Fsp3) is 0.480. The Kier molecular flexibility index (Phi) is 6.44. The van der Waals surface area contributed by atoms with Gasteiger partial charge in [0, 0.05) is 44.5 Å². The summed E-state index contributed by atoms with van der Waals surface area (Å²) in [6, 6.07) is 7.79. The predicted molar refractivity (Wildman–Crippen MR) is 130 cm³/mol. The number of carbonyl (C=O) groups is 1. The van der Waals surface area contributed by atoms with Crippen LogP contribution in [0.15, 0.2) is 36.7 Å². The number of aryl methyl sites for hydroxylation is 1. The van der Waals surface area contributed by atoms with Crippen LogP contribution in [-0.4, -0.2) is 65.4 Å². The quantitative estimate of drug-likeness (QED) is 0.429.